The molecule has 0 fully saturated rings. The summed E-state index contributed by atoms with van der Waals surface area (Å²) in [5.41, 5.74) is 0. The minimum Gasteiger partial charge on any atom is -0.320 e. The first kappa shape index (κ1) is 39.3. The number of nitrogens with one attached hydrogen (secondary N) is 6. The summed E-state index contributed by atoms with van der Waals surface area (Å²) in [7, 11) is 11.3. The van der Waals surface area contributed by atoms with Gasteiger partial charge in [0.15, 0.2) is 0 Å². The monoisotopic (exact) mass is 516 g/mol. The number of Topliss-reactive ketones (excluding diaryl/α,β-unsaturated/α-hetero) is 3. The maximum atomic E-state index is 11.0. The van der Waals surface area contributed by atoms with Gasteiger partial charge < -0.3 is 31.9 Å². The molecule has 216 valence electrons. The molecule has 0 aliphatic carbocycles. The number of carbonyl (C=O) groups excluding carboxylic acids is 3. The van der Waals surface area contributed by atoms with Crippen LogP contribution in [0.1, 0.15) is 78.6 Å². The molecule has 0 aromatic carbocycles. The maximum Gasteiger partial charge on any atom is 0.146 e. The number of carbonyl (C=O) groups is 3. The van der Waals surface area contributed by atoms with Crippen LogP contribution >= 0.6 is 0 Å². The molecule has 0 amide bonds. The van der Waals surface area contributed by atoms with Crippen LogP contribution in [0.2, 0.25) is 0 Å². The van der Waals surface area contributed by atoms with Gasteiger partial charge >= 0.3 is 0 Å². The first-order chi connectivity index (χ1) is 17.2. The Labute approximate surface area is 222 Å². The average molecular weight is 517 g/mol. The second-order valence-corrected chi connectivity index (χ2v) is 9.15. The van der Waals surface area contributed by atoms with Crippen molar-refractivity contribution in [3.8, 4) is 0 Å². The van der Waals surface area contributed by atoms with E-state index in [1.165, 1.54) is 0 Å². The van der Waals surface area contributed by atoms with Crippen molar-refractivity contribution < 1.29 is 14.4 Å². The minimum absolute atomic E-state index is 0.0573. The van der Waals surface area contributed by atoms with Gasteiger partial charge in [0.25, 0.3) is 0 Å². The van der Waals surface area contributed by atoms with E-state index in [1.807, 2.05) is 42.3 Å². The molecule has 0 saturated carbocycles. The number of likely N-dealkylation sites (N-methyl/N-ethyl adjacent to an activating group) is 3. The van der Waals surface area contributed by atoms with Crippen molar-refractivity contribution in [1.29, 1.82) is 0 Å². The Morgan fingerprint density at radius 3 is 0.806 bits per heavy atom. The fourth-order valence-electron chi connectivity index (χ4n) is 3.60. The van der Waals surface area contributed by atoms with Crippen molar-refractivity contribution in [2.45, 2.75) is 96.7 Å². The summed E-state index contributed by atoms with van der Waals surface area (Å²) in [6.45, 7) is 8.02. The van der Waals surface area contributed by atoms with Gasteiger partial charge in [-0.05, 0) is 121 Å². The lowest BCUT2D eigenvalue weighted by Gasteiger charge is -2.11. The van der Waals surface area contributed by atoms with Crippen LogP contribution in [-0.2, 0) is 14.4 Å². The molecule has 0 aromatic rings. The summed E-state index contributed by atoms with van der Waals surface area (Å²) in [5, 5.41) is 18.3. The normalized spacial score (nSPS) is 12.9. The molecule has 0 aliphatic rings. The summed E-state index contributed by atoms with van der Waals surface area (Å²) >= 11 is 0. The third-order valence-corrected chi connectivity index (χ3v) is 6.03. The summed E-state index contributed by atoms with van der Waals surface area (Å²) in [5.74, 6) is 0.714. The predicted molar refractivity (Wildman–Crippen MR) is 154 cm³/mol. The number of ketones is 3. The van der Waals surface area contributed by atoms with E-state index < -0.39 is 0 Å². The van der Waals surface area contributed by atoms with Gasteiger partial charge in [-0.1, -0.05) is 19.3 Å². The Morgan fingerprint density at radius 1 is 0.444 bits per heavy atom. The van der Waals surface area contributed by atoms with Crippen molar-refractivity contribution in [3.63, 3.8) is 0 Å². The van der Waals surface area contributed by atoms with E-state index >= 15 is 0 Å². The molecule has 0 spiro atoms. The molecule has 0 saturated heterocycles. The van der Waals surface area contributed by atoms with Crippen LogP contribution in [0.25, 0.3) is 0 Å². The van der Waals surface area contributed by atoms with Crippen LogP contribution in [0.5, 0.6) is 0 Å². The highest BCUT2D eigenvalue weighted by atomic mass is 16.1. The Bertz CT molecular complexity index is 448. The van der Waals surface area contributed by atoms with E-state index in [1.54, 1.807) is 20.8 Å². The molecule has 0 aromatic heterocycles. The zero-order valence-electron chi connectivity index (χ0n) is 24.9. The zero-order chi connectivity index (χ0) is 28.2. The standard InChI is InChI=1S/3C9H20N2O/c3*1-8(12)9(11-3)6-4-5-7-10-2/h3*9-11H,4-7H2,1-3H3/t3*9-/m111/s1. The fraction of sp³-hybridized carbons (Fsp3) is 0.889. The lowest BCUT2D eigenvalue weighted by atomic mass is 10.1. The lowest BCUT2D eigenvalue weighted by Crippen LogP contribution is -2.32. The van der Waals surface area contributed by atoms with Crippen LogP contribution in [-0.4, -0.2) is 97.4 Å². The first-order valence-electron chi connectivity index (χ1n) is 13.6. The predicted octanol–water partition coefficient (Wildman–Crippen LogP) is 1.66. The molecule has 9 nitrogen and oxygen atoms in total. The molecule has 0 rings (SSSR count). The van der Waals surface area contributed by atoms with Gasteiger partial charge in [0.2, 0.25) is 0 Å². The van der Waals surface area contributed by atoms with Crippen LogP contribution in [0, 0.1) is 0 Å². The Balaban J connectivity index is -0.000000454. The molecule has 36 heavy (non-hydrogen) atoms. The van der Waals surface area contributed by atoms with E-state index in [0.29, 0.717) is 0 Å². The van der Waals surface area contributed by atoms with E-state index in [-0.39, 0.29) is 35.5 Å². The minimum atomic E-state index is 0.0573. The molecular formula is C27H60N6O3. The van der Waals surface area contributed by atoms with Crippen molar-refractivity contribution in [3.05, 3.63) is 0 Å². The van der Waals surface area contributed by atoms with E-state index in [2.05, 4.69) is 31.9 Å². The third kappa shape index (κ3) is 27.4. The number of unbranched alkanes of at least 4 members (excludes halogenated alkanes) is 3. The van der Waals surface area contributed by atoms with Crippen molar-refractivity contribution in [1.82, 2.24) is 31.9 Å². The second kappa shape index (κ2) is 30.0. The fourth-order valence-corrected chi connectivity index (χ4v) is 3.60. The molecule has 9 heteroatoms. The number of hydrogen-bond donors (Lipinski definition) is 6. The van der Waals surface area contributed by atoms with Crippen LogP contribution in [0.15, 0.2) is 0 Å². The van der Waals surface area contributed by atoms with E-state index in [9.17, 15) is 14.4 Å². The van der Waals surface area contributed by atoms with Crippen LogP contribution < -0.4 is 31.9 Å². The van der Waals surface area contributed by atoms with Gasteiger partial charge in [-0.15, -0.1) is 0 Å². The van der Waals surface area contributed by atoms with E-state index in [4.69, 9.17) is 0 Å². The first-order valence-corrected chi connectivity index (χ1v) is 13.6. The summed E-state index contributed by atoms with van der Waals surface area (Å²) < 4.78 is 0. The van der Waals surface area contributed by atoms with Gasteiger partial charge in [-0.25, -0.2) is 0 Å². The Morgan fingerprint density at radius 2 is 0.667 bits per heavy atom. The van der Waals surface area contributed by atoms with Gasteiger partial charge in [-0.3, -0.25) is 14.4 Å². The van der Waals surface area contributed by atoms with Crippen LogP contribution in [0.4, 0.5) is 0 Å². The molecule has 0 bridgehead atoms. The molecule has 0 unspecified atom stereocenters. The second-order valence-electron chi connectivity index (χ2n) is 9.15. The number of rotatable bonds is 21. The highest BCUT2D eigenvalue weighted by Crippen LogP contribution is 2.02. The maximum absolute atomic E-state index is 11.0. The molecule has 0 radical (unpaired) electrons. The summed E-state index contributed by atoms with van der Waals surface area (Å²) in [6.07, 6.45) is 9.59. The largest absolute Gasteiger partial charge is 0.320 e. The molecular weight excluding hydrogens is 456 g/mol. The molecule has 0 heterocycles. The van der Waals surface area contributed by atoms with Crippen molar-refractivity contribution in [2.75, 3.05) is 61.9 Å². The number of hydrogen-bond acceptors (Lipinski definition) is 9. The quantitative estimate of drug-likeness (QED) is 0.126. The average Bonchev–Trinajstić information content (AvgIpc) is 2.84. The third-order valence-electron chi connectivity index (χ3n) is 6.03. The van der Waals surface area contributed by atoms with Crippen molar-refractivity contribution >= 4 is 17.3 Å². The molecule has 0 aliphatic heterocycles. The lowest BCUT2D eigenvalue weighted by molar-refractivity contribution is -0.119. The Hall–Kier alpha value is -1.23. The van der Waals surface area contributed by atoms with Gasteiger partial charge in [0.1, 0.15) is 17.3 Å². The van der Waals surface area contributed by atoms with E-state index in [0.717, 1.165) is 77.4 Å². The highest BCUT2D eigenvalue weighted by Gasteiger charge is 2.11. The Kier molecular flexibility index (Phi) is 32.7. The van der Waals surface area contributed by atoms with Crippen LogP contribution in [0.3, 0.4) is 0 Å². The van der Waals surface area contributed by atoms with Crippen molar-refractivity contribution in [2.24, 2.45) is 0 Å². The van der Waals surface area contributed by atoms with Gasteiger partial charge in [0.05, 0.1) is 18.1 Å². The highest BCUT2D eigenvalue weighted by molar-refractivity contribution is 5.82. The smallest absolute Gasteiger partial charge is 0.146 e. The zero-order valence-corrected chi connectivity index (χ0v) is 24.9. The summed E-state index contributed by atoms with van der Waals surface area (Å²) in [4.78, 5) is 32.9. The van der Waals surface area contributed by atoms with Gasteiger partial charge in [0, 0.05) is 0 Å². The topological polar surface area (TPSA) is 123 Å². The SMILES string of the molecule is CNCCCC[C@@H](NC)C(C)=O.CNCCCC[C@@H](NC)C(C)=O.CNCCCC[C@@H](NC)C(C)=O. The molecule has 3 atom stereocenters. The van der Waals surface area contributed by atoms with Gasteiger partial charge in [-0.2, -0.15) is 0 Å². The summed E-state index contributed by atoms with van der Waals surface area (Å²) in [6, 6.07) is 0.172. The molecule has 6 N–H and O–H groups in total.